The molecule has 0 amide bonds. The van der Waals surface area contributed by atoms with Crippen molar-refractivity contribution < 1.29 is 9.84 Å². The Bertz CT molecular complexity index is 1190. The van der Waals surface area contributed by atoms with Gasteiger partial charge in [-0.05, 0) is 37.4 Å². The van der Waals surface area contributed by atoms with E-state index >= 15 is 0 Å². The number of nitrogens with one attached hydrogen (secondary N) is 2. The molecule has 5 rings (SSSR count). The van der Waals surface area contributed by atoms with Crippen molar-refractivity contribution in [2.24, 2.45) is 0 Å². The Balaban J connectivity index is 1.48. The lowest BCUT2D eigenvalue weighted by molar-refractivity contribution is 0.231. The first-order valence-electron chi connectivity index (χ1n) is 10.1. The Kier molecular flexibility index (Phi) is 5.24. The quantitative estimate of drug-likeness (QED) is 0.391. The summed E-state index contributed by atoms with van der Waals surface area (Å²) in [4.78, 5) is 13.9. The number of unbranched alkanes of at least 4 members (excludes halogenated alkanes) is 1. The summed E-state index contributed by atoms with van der Waals surface area (Å²) < 4.78 is 5.59. The Morgan fingerprint density at radius 2 is 2.23 bits per heavy atom. The van der Waals surface area contributed by atoms with Crippen LogP contribution in [0.15, 0.2) is 24.7 Å². The standard InChI is InChI=1S/C21H24N6O2S/c1-29-17-9-15-13(10-24-26-15)8-16(17)25-20-19-14-4-6-27(5-2-3-7-28)11-18(14)30-21(19)23-12-22-20/h8-10,12,28H,2-7,11H2,1H3,(H,24,26)(H,22,23,25). The fraction of sp³-hybridized carbons (Fsp3) is 0.381. The van der Waals surface area contributed by atoms with Crippen LogP contribution in [0, 0.1) is 0 Å². The maximum atomic E-state index is 9.03. The van der Waals surface area contributed by atoms with E-state index in [1.54, 1.807) is 31.0 Å². The maximum Gasteiger partial charge on any atom is 0.144 e. The van der Waals surface area contributed by atoms with Crippen LogP contribution in [-0.2, 0) is 13.0 Å². The lowest BCUT2D eigenvalue weighted by Gasteiger charge is -2.26. The van der Waals surface area contributed by atoms with E-state index in [1.807, 2.05) is 12.1 Å². The maximum absolute atomic E-state index is 9.03. The van der Waals surface area contributed by atoms with Crippen LogP contribution in [0.5, 0.6) is 5.75 Å². The van der Waals surface area contributed by atoms with Gasteiger partial charge in [-0.2, -0.15) is 5.10 Å². The Labute approximate surface area is 177 Å². The fourth-order valence-electron chi connectivity index (χ4n) is 4.08. The van der Waals surface area contributed by atoms with Gasteiger partial charge in [0.2, 0.25) is 0 Å². The molecule has 0 fully saturated rings. The zero-order chi connectivity index (χ0) is 20.5. The van der Waals surface area contributed by atoms with Gasteiger partial charge >= 0.3 is 0 Å². The molecule has 0 saturated carbocycles. The third kappa shape index (κ3) is 3.49. The molecule has 0 aliphatic carbocycles. The Morgan fingerprint density at radius 3 is 3.10 bits per heavy atom. The van der Waals surface area contributed by atoms with Crippen molar-refractivity contribution in [3.05, 3.63) is 35.1 Å². The van der Waals surface area contributed by atoms with Gasteiger partial charge in [0.15, 0.2) is 0 Å². The fourth-order valence-corrected chi connectivity index (χ4v) is 5.31. The van der Waals surface area contributed by atoms with Gasteiger partial charge in [0, 0.05) is 36.0 Å². The number of aromatic nitrogens is 4. The topological polar surface area (TPSA) is 99.2 Å². The zero-order valence-electron chi connectivity index (χ0n) is 16.8. The first kappa shape index (κ1) is 19.2. The molecule has 30 heavy (non-hydrogen) atoms. The monoisotopic (exact) mass is 424 g/mol. The highest BCUT2D eigenvalue weighted by Gasteiger charge is 2.24. The van der Waals surface area contributed by atoms with Crippen LogP contribution >= 0.6 is 11.3 Å². The van der Waals surface area contributed by atoms with E-state index in [2.05, 4.69) is 30.4 Å². The van der Waals surface area contributed by atoms with Crippen molar-refractivity contribution in [3.8, 4) is 5.75 Å². The summed E-state index contributed by atoms with van der Waals surface area (Å²) in [7, 11) is 1.66. The van der Waals surface area contributed by atoms with Gasteiger partial charge in [-0.1, -0.05) is 0 Å². The normalized spacial score (nSPS) is 14.3. The number of anilines is 2. The number of aliphatic hydroxyl groups is 1. The molecule has 4 heterocycles. The number of ether oxygens (including phenoxy) is 1. The van der Waals surface area contributed by atoms with Crippen LogP contribution in [-0.4, -0.2) is 57.0 Å². The van der Waals surface area contributed by atoms with Crippen LogP contribution < -0.4 is 10.1 Å². The third-order valence-electron chi connectivity index (χ3n) is 5.61. The molecule has 9 heteroatoms. The van der Waals surface area contributed by atoms with Crippen molar-refractivity contribution in [1.29, 1.82) is 0 Å². The van der Waals surface area contributed by atoms with E-state index in [9.17, 15) is 0 Å². The highest BCUT2D eigenvalue weighted by molar-refractivity contribution is 7.19. The van der Waals surface area contributed by atoms with Crippen LogP contribution in [0.1, 0.15) is 23.3 Å². The Hall–Kier alpha value is -2.75. The SMILES string of the molecule is COc1cc2[nH]ncc2cc1Nc1ncnc2sc3c(c12)CCN(CCCCO)C3. The van der Waals surface area contributed by atoms with Crippen molar-refractivity contribution >= 4 is 44.0 Å². The second kappa shape index (κ2) is 8.17. The van der Waals surface area contributed by atoms with Gasteiger partial charge < -0.3 is 15.2 Å². The van der Waals surface area contributed by atoms with Gasteiger partial charge in [-0.25, -0.2) is 9.97 Å². The smallest absolute Gasteiger partial charge is 0.144 e. The summed E-state index contributed by atoms with van der Waals surface area (Å²) in [5.74, 6) is 1.55. The van der Waals surface area contributed by atoms with Crippen molar-refractivity contribution in [2.45, 2.75) is 25.8 Å². The molecule has 8 nitrogen and oxygen atoms in total. The summed E-state index contributed by atoms with van der Waals surface area (Å²) in [5.41, 5.74) is 3.13. The lowest BCUT2D eigenvalue weighted by Crippen LogP contribution is -2.30. The molecule has 0 unspecified atom stereocenters. The van der Waals surface area contributed by atoms with Crippen LogP contribution in [0.2, 0.25) is 0 Å². The van der Waals surface area contributed by atoms with Crippen LogP contribution in [0.25, 0.3) is 21.1 Å². The first-order chi connectivity index (χ1) is 14.8. The summed E-state index contributed by atoms with van der Waals surface area (Å²) in [6, 6.07) is 3.96. The molecule has 0 radical (unpaired) electrons. The molecule has 0 atom stereocenters. The van der Waals surface area contributed by atoms with E-state index in [1.165, 1.54) is 10.4 Å². The molecular weight excluding hydrogens is 400 g/mol. The summed E-state index contributed by atoms with van der Waals surface area (Å²) in [6.07, 6.45) is 6.29. The number of thiophene rings is 1. The van der Waals surface area contributed by atoms with Gasteiger partial charge in [-0.15, -0.1) is 11.3 Å². The van der Waals surface area contributed by atoms with Gasteiger partial charge in [0.25, 0.3) is 0 Å². The largest absolute Gasteiger partial charge is 0.494 e. The molecule has 3 N–H and O–H groups in total. The number of H-pyrrole nitrogens is 1. The minimum atomic E-state index is 0.265. The molecule has 3 aromatic heterocycles. The first-order valence-corrected chi connectivity index (χ1v) is 10.9. The van der Waals surface area contributed by atoms with Crippen LogP contribution in [0.3, 0.4) is 0 Å². The minimum absolute atomic E-state index is 0.265. The van der Waals surface area contributed by atoms with E-state index in [0.29, 0.717) is 0 Å². The lowest BCUT2D eigenvalue weighted by atomic mass is 10.0. The van der Waals surface area contributed by atoms with Gasteiger partial charge in [-0.3, -0.25) is 10.00 Å². The minimum Gasteiger partial charge on any atom is -0.494 e. The molecular formula is C21H24N6O2S. The predicted molar refractivity (Wildman–Crippen MR) is 119 cm³/mol. The molecule has 0 saturated heterocycles. The number of fused-ring (bicyclic) bond motifs is 4. The summed E-state index contributed by atoms with van der Waals surface area (Å²) in [6.45, 7) is 3.24. The molecule has 0 spiro atoms. The number of hydrogen-bond donors (Lipinski definition) is 3. The highest BCUT2D eigenvalue weighted by atomic mass is 32.1. The van der Waals surface area contributed by atoms with Crippen molar-refractivity contribution in [2.75, 3.05) is 32.1 Å². The van der Waals surface area contributed by atoms with E-state index in [-0.39, 0.29) is 6.61 Å². The van der Waals surface area contributed by atoms with E-state index < -0.39 is 0 Å². The van der Waals surface area contributed by atoms with E-state index in [4.69, 9.17) is 9.84 Å². The number of hydrogen-bond acceptors (Lipinski definition) is 8. The number of rotatable bonds is 7. The Morgan fingerprint density at radius 1 is 1.30 bits per heavy atom. The number of nitrogens with zero attached hydrogens (tertiary/aromatic N) is 4. The number of methoxy groups -OCH3 is 1. The molecule has 1 aromatic carbocycles. The highest BCUT2D eigenvalue weighted by Crippen LogP contribution is 2.39. The number of benzene rings is 1. The molecule has 0 bridgehead atoms. The second-order valence-corrected chi connectivity index (χ2v) is 8.58. The molecule has 4 aromatic rings. The second-order valence-electron chi connectivity index (χ2n) is 7.50. The molecule has 156 valence electrons. The number of aliphatic hydroxyl groups excluding tert-OH is 1. The third-order valence-corrected chi connectivity index (χ3v) is 6.74. The number of aromatic amines is 1. The van der Waals surface area contributed by atoms with Gasteiger partial charge in [0.1, 0.15) is 22.7 Å². The van der Waals surface area contributed by atoms with Crippen molar-refractivity contribution in [3.63, 3.8) is 0 Å². The summed E-state index contributed by atoms with van der Waals surface area (Å²) in [5, 5.41) is 21.7. The van der Waals surface area contributed by atoms with Gasteiger partial charge in [0.05, 0.1) is 29.9 Å². The molecule has 1 aliphatic rings. The average molecular weight is 425 g/mol. The van der Waals surface area contributed by atoms with Crippen molar-refractivity contribution in [1.82, 2.24) is 25.1 Å². The molecule has 1 aliphatic heterocycles. The average Bonchev–Trinajstić information content (AvgIpc) is 3.37. The zero-order valence-corrected chi connectivity index (χ0v) is 17.6. The van der Waals surface area contributed by atoms with Crippen LogP contribution in [0.4, 0.5) is 11.5 Å². The van der Waals surface area contributed by atoms with E-state index in [0.717, 1.165) is 77.3 Å². The predicted octanol–water partition coefficient (Wildman–Crippen LogP) is 3.45. The summed E-state index contributed by atoms with van der Waals surface area (Å²) >= 11 is 1.75.